The molecule has 7 rings (SSSR count). The Morgan fingerprint density at radius 1 is 0.703 bits per heavy atom. The maximum atomic E-state index is 7.23. The second-order valence-electron chi connectivity index (χ2n) is 8.16. The molecular weight excluding hydrogens is 635 g/mol. The van der Waals surface area contributed by atoms with Gasteiger partial charge in [-0.05, 0) is 35.9 Å². The number of benzene rings is 3. The number of furan rings is 1. The monoisotopic (exact) mass is 659 g/mol. The van der Waals surface area contributed by atoms with Gasteiger partial charge in [0.15, 0.2) is 0 Å². The van der Waals surface area contributed by atoms with Gasteiger partial charge in [0.1, 0.15) is 5.58 Å². The fourth-order valence-corrected chi connectivity index (χ4v) is 4.17. The van der Waals surface area contributed by atoms with E-state index < -0.39 is 6.85 Å². The van der Waals surface area contributed by atoms with E-state index in [0.717, 1.165) is 55.2 Å². The minimum atomic E-state index is -2.09. The van der Waals surface area contributed by atoms with Crippen LogP contribution < -0.4 is 0 Å². The van der Waals surface area contributed by atoms with Crippen LogP contribution in [-0.4, -0.2) is 15.0 Å². The van der Waals surface area contributed by atoms with Crippen LogP contribution in [0.5, 0.6) is 0 Å². The van der Waals surface area contributed by atoms with E-state index >= 15 is 0 Å². The summed E-state index contributed by atoms with van der Waals surface area (Å²) in [4.78, 5) is 12.7. The molecule has 4 heterocycles. The van der Waals surface area contributed by atoms with Gasteiger partial charge in [0.25, 0.3) is 0 Å². The van der Waals surface area contributed by atoms with Gasteiger partial charge < -0.3 is 14.4 Å². The summed E-state index contributed by atoms with van der Waals surface area (Å²) in [7, 11) is 0. The molecule has 181 valence electrons. The zero-order chi connectivity index (χ0) is 26.8. The summed E-state index contributed by atoms with van der Waals surface area (Å²) >= 11 is 0. The van der Waals surface area contributed by atoms with Gasteiger partial charge in [-0.1, -0.05) is 47.3 Å². The molecule has 0 aliphatic rings. The quantitative estimate of drug-likeness (QED) is 0.178. The Balaban J connectivity index is 0.000000168. The van der Waals surface area contributed by atoms with Crippen LogP contribution in [0.4, 0.5) is 0 Å². The van der Waals surface area contributed by atoms with Gasteiger partial charge in [-0.3, -0.25) is 4.98 Å². The zero-order valence-corrected chi connectivity index (χ0v) is 21.9. The number of hydrogen-bond donors (Lipinski definition) is 0. The maximum Gasteiger partial charge on any atom is 0.128 e. The zero-order valence-electron chi connectivity index (χ0n) is 22.5. The normalized spacial score (nSPS) is 12.2. The summed E-state index contributed by atoms with van der Waals surface area (Å²) in [6, 6.07) is 33.0. The second-order valence-corrected chi connectivity index (χ2v) is 8.16. The molecule has 0 spiro atoms. The van der Waals surface area contributed by atoms with E-state index in [9.17, 15) is 0 Å². The molecule has 4 nitrogen and oxygen atoms in total. The number of fused-ring (bicyclic) bond motifs is 5. The maximum absolute atomic E-state index is 7.23. The topological polar surface area (TPSA) is 51.8 Å². The van der Waals surface area contributed by atoms with Crippen LogP contribution in [0, 0.1) is 19.0 Å². The van der Waals surface area contributed by atoms with Crippen LogP contribution in [0.3, 0.4) is 0 Å². The standard InChI is InChI=1S/C20H11N2O.C12H10N.Ir/c1-2-10-22-18(6-1)17-5-3-4-15-16-8-7-13-12-21-11-9-14(13)19(16)23-20(15)17;1-10-7-8-12(13-9-10)11-5-3-2-4-6-11;/h1-4,6-12H;2-5,7-9H,1H3;/q2*-1;/i;1D3;. The second kappa shape index (κ2) is 10.8. The molecule has 7 aromatic rings. The molecule has 0 fully saturated rings. The summed E-state index contributed by atoms with van der Waals surface area (Å²) < 4.78 is 28.0. The van der Waals surface area contributed by atoms with Crippen LogP contribution in [0.1, 0.15) is 9.68 Å². The van der Waals surface area contributed by atoms with E-state index in [-0.39, 0.29) is 25.7 Å². The molecule has 3 aromatic carbocycles. The average molecular weight is 659 g/mol. The van der Waals surface area contributed by atoms with Crippen molar-refractivity contribution in [3.8, 4) is 22.5 Å². The van der Waals surface area contributed by atoms with Crippen molar-refractivity contribution in [2.24, 2.45) is 0 Å². The predicted molar refractivity (Wildman–Crippen MR) is 144 cm³/mol. The molecule has 0 N–H and O–H groups in total. The fraction of sp³-hybridized carbons (Fsp3) is 0.0312. The SMILES string of the molecule is [2H]C([2H])([2H])c1ccc(-c2[c-]cccc2)nc1.[Ir].[c-]1ccc2c(oc3c4ccncc4ccc23)c1-c1ccccn1. The van der Waals surface area contributed by atoms with Crippen molar-refractivity contribution >= 4 is 32.7 Å². The average Bonchev–Trinajstić information content (AvgIpc) is 3.38. The Morgan fingerprint density at radius 2 is 1.62 bits per heavy atom. The van der Waals surface area contributed by atoms with Crippen molar-refractivity contribution < 1.29 is 28.6 Å². The molecular formula is C32H21IrN3O-2. The van der Waals surface area contributed by atoms with Crippen LogP contribution in [-0.2, 0) is 20.1 Å². The van der Waals surface area contributed by atoms with Crippen molar-refractivity contribution in [1.82, 2.24) is 15.0 Å². The van der Waals surface area contributed by atoms with Crippen molar-refractivity contribution in [2.75, 3.05) is 0 Å². The third-order valence-corrected chi connectivity index (χ3v) is 5.88. The number of pyridine rings is 3. The van der Waals surface area contributed by atoms with E-state index in [1.807, 2.05) is 60.8 Å². The molecule has 4 aromatic heterocycles. The van der Waals surface area contributed by atoms with Crippen molar-refractivity contribution in [3.63, 3.8) is 0 Å². The Labute approximate surface area is 232 Å². The number of nitrogens with zero attached hydrogens (tertiary/aromatic N) is 3. The van der Waals surface area contributed by atoms with Crippen LogP contribution in [0.25, 0.3) is 55.2 Å². The summed E-state index contributed by atoms with van der Waals surface area (Å²) in [6.07, 6.45) is 6.82. The van der Waals surface area contributed by atoms with Gasteiger partial charge in [0, 0.05) is 65.2 Å². The molecule has 0 bridgehead atoms. The first-order valence-corrected chi connectivity index (χ1v) is 11.4. The number of aromatic nitrogens is 3. The first-order valence-electron chi connectivity index (χ1n) is 12.9. The molecule has 37 heavy (non-hydrogen) atoms. The van der Waals surface area contributed by atoms with Gasteiger partial charge in [-0.15, -0.1) is 54.1 Å². The molecule has 0 amide bonds. The molecule has 1 radical (unpaired) electrons. The van der Waals surface area contributed by atoms with Crippen molar-refractivity contribution in [1.29, 1.82) is 0 Å². The molecule has 0 atom stereocenters. The third kappa shape index (κ3) is 4.92. The first-order chi connectivity index (χ1) is 19.0. The fourth-order valence-electron chi connectivity index (χ4n) is 4.17. The summed E-state index contributed by atoms with van der Waals surface area (Å²) in [5.41, 5.74) is 5.31. The summed E-state index contributed by atoms with van der Waals surface area (Å²) in [5, 5.41) is 4.33. The largest absolute Gasteiger partial charge is 0.500 e. The number of rotatable bonds is 2. The molecule has 0 saturated carbocycles. The summed E-state index contributed by atoms with van der Waals surface area (Å²) in [5.74, 6) is 0. The minimum Gasteiger partial charge on any atom is -0.500 e. The Bertz CT molecular complexity index is 1890. The smallest absolute Gasteiger partial charge is 0.128 e. The van der Waals surface area contributed by atoms with Crippen molar-refractivity contribution in [3.05, 3.63) is 127 Å². The van der Waals surface area contributed by atoms with Crippen LogP contribution in [0.2, 0.25) is 0 Å². The minimum absolute atomic E-state index is 0. The van der Waals surface area contributed by atoms with Crippen LogP contribution >= 0.6 is 0 Å². The summed E-state index contributed by atoms with van der Waals surface area (Å²) in [6.45, 7) is -2.09. The van der Waals surface area contributed by atoms with E-state index in [2.05, 4.69) is 39.2 Å². The van der Waals surface area contributed by atoms with E-state index in [1.165, 1.54) is 6.20 Å². The van der Waals surface area contributed by atoms with Gasteiger partial charge in [0.05, 0.1) is 5.58 Å². The molecule has 5 heteroatoms. The van der Waals surface area contributed by atoms with E-state index in [1.54, 1.807) is 30.6 Å². The van der Waals surface area contributed by atoms with E-state index in [4.69, 9.17) is 8.53 Å². The van der Waals surface area contributed by atoms with E-state index in [0.29, 0.717) is 0 Å². The van der Waals surface area contributed by atoms with Gasteiger partial charge in [-0.25, -0.2) is 0 Å². The van der Waals surface area contributed by atoms with Crippen molar-refractivity contribution in [2.45, 2.75) is 6.85 Å². The molecule has 0 aliphatic heterocycles. The van der Waals surface area contributed by atoms with Gasteiger partial charge in [-0.2, -0.15) is 0 Å². The van der Waals surface area contributed by atoms with Gasteiger partial charge >= 0.3 is 0 Å². The predicted octanol–water partition coefficient (Wildman–Crippen LogP) is 7.85. The first kappa shape index (κ1) is 21.0. The van der Waals surface area contributed by atoms with Gasteiger partial charge in [0.2, 0.25) is 0 Å². The molecule has 0 unspecified atom stereocenters. The number of aryl methyl sites for hydroxylation is 1. The Hall–Kier alpha value is -4.18. The Kier molecular flexibility index (Phi) is 6.14. The molecule has 0 aliphatic carbocycles. The third-order valence-electron chi connectivity index (χ3n) is 5.88. The number of hydrogen-bond acceptors (Lipinski definition) is 4. The molecule has 0 saturated heterocycles. The van der Waals surface area contributed by atoms with Crippen LogP contribution in [0.15, 0.2) is 114 Å². The Morgan fingerprint density at radius 3 is 2.41 bits per heavy atom.